The van der Waals surface area contributed by atoms with Crippen LogP contribution in [0.4, 0.5) is 0 Å². The molecule has 0 unspecified atom stereocenters. The van der Waals surface area contributed by atoms with Crippen LogP contribution in [0, 0.1) is 0 Å². The van der Waals surface area contributed by atoms with Crippen LogP contribution in [0.2, 0.25) is 0 Å². The van der Waals surface area contributed by atoms with E-state index in [1.54, 1.807) is 3.37 Å². The van der Waals surface area contributed by atoms with Crippen molar-refractivity contribution in [2.75, 3.05) is 5.75 Å². The van der Waals surface area contributed by atoms with E-state index >= 15 is 0 Å². The van der Waals surface area contributed by atoms with Crippen LogP contribution in [0.3, 0.4) is 0 Å². The summed E-state index contributed by atoms with van der Waals surface area (Å²) in [6.07, 6.45) is 0. The van der Waals surface area contributed by atoms with Crippen LogP contribution in [0.5, 0.6) is 0 Å². The summed E-state index contributed by atoms with van der Waals surface area (Å²) >= 11 is 2.69. The fourth-order valence-electron chi connectivity index (χ4n) is 2.30. The number of thioether (sulfide) groups is 1. The molecule has 0 aliphatic carbocycles. The van der Waals surface area contributed by atoms with Gasteiger partial charge in [0, 0.05) is 0 Å². The van der Waals surface area contributed by atoms with E-state index in [1.165, 1.54) is 19.4 Å². The van der Waals surface area contributed by atoms with Crippen LogP contribution in [0.15, 0.2) is 94.4 Å². The van der Waals surface area contributed by atoms with Crippen LogP contribution in [0.25, 0.3) is 4.91 Å². The zero-order valence-electron chi connectivity index (χ0n) is 14.1. The van der Waals surface area contributed by atoms with Gasteiger partial charge in [-0.2, -0.15) is 0 Å². The van der Waals surface area contributed by atoms with E-state index in [0.717, 1.165) is 5.75 Å². The summed E-state index contributed by atoms with van der Waals surface area (Å²) in [6.45, 7) is 2.25. The summed E-state index contributed by atoms with van der Waals surface area (Å²) in [7, 11) is 0. The Hall–Kier alpha value is -1.21. The predicted octanol–water partition coefficient (Wildman–Crippen LogP) is 4.13. The van der Waals surface area contributed by atoms with Gasteiger partial charge in [0.2, 0.25) is 0 Å². The van der Waals surface area contributed by atoms with Gasteiger partial charge in [0.25, 0.3) is 0 Å². The van der Waals surface area contributed by atoms with Gasteiger partial charge in [-0.25, -0.2) is 0 Å². The first-order valence-electron chi connectivity index (χ1n) is 8.25. The van der Waals surface area contributed by atoms with E-state index < -0.39 is 0 Å². The van der Waals surface area contributed by atoms with Crippen molar-refractivity contribution in [2.45, 2.75) is 6.92 Å². The molecule has 0 nitrogen and oxygen atoms in total. The summed E-state index contributed by atoms with van der Waals surface area (Å²) in [5.41, 5.74) is 1.36. The monoisotopic (exact) mass is 476 g/mol. The maximum absolute atomic E-state index is 2.26. The minimum atomic E-state index is 0.352. The third kappa shape index (κ3) is 5.64. The Morgan fingerprint density at radius 1 is 0.680 bits per heavy atom. The quantitative estimate of drug-likeness (QED) is 0.465. The summed E-state index contributed by atoms with van der Waals surface area (Å²) in [6, 6.07) is 32.8. The summed E-state index contributed by atoms with van der Waals surface area (Å²) in [4.78, 5) is 1.48. The van der Waals surface area contributed by atoms with Crippen molar-refractivity contribution >= 4 is 55.5 Å². The van der Waals surface area contributed by atoms with Gasteiger partial charge in [0.15, 0.2) is 0 Å². The average Bonchev–Trinajstić information content (AvgIpc) is 2.68. The van der Waals surface area contributed by atoms with E-state index in [9.17, 15) is 0 Å². The van der Waals surface area contributed by atoms with Crippen molar-refractivity contribution in [3.05, 3.63) is 99.9 Å². The van der Waals surface area contributed by atoms with Crippen LogP contribution < -0.4 is 8.92 Å². The van der Waals surface area contributed by atoms with Crippen molar-refractivity contribution in [1.82, 2.24) is 0 Å². The van der Waals surface area contributed by atoms with E-state index in [0.29, 0.717) is 29.9 Å². The predicted molar refractivity (Wildman–Crippen MR) is 115 cm³/mol. The first-order valence-corrected chi connectivity index (χ1v) is 12.7. The Kier molecular flexibility index (Phi) is 7.48. The van der Waals surface area contributed by atoms with E-state index in [4.69, 9.17) is 0 Å². The van der Waals surface area contributed by atoms with Gasteiger partial charge in [-0.05, 0) is 0 Å². The average molecular weight is 474 g/mol. The molecule has 0 fully saturated rings. The van der Waals surface area contributed by atoms with Crippen molar-refractivity contribution in [3.63, 3.8) is 0 Å². The Balaban J connectivity index is 2.03. The van der Waals surface area contributed by atoms with Gasteiger partial charge < -0.3 is 0 Å². The van der Waals surface area contributed by atoms with Gasteiger partial charge in [0.1, 0.15) is 0 Å². The Bertz CT molecular complexity index is 756. The molecule has 3 rings (SSSR count). The van der Waals surface area contributed by atoms with Crippen molar-refractivity contribution < 1.29 is 0 Å². The fraction of sp³-hybridized carbons (Fsp3) is 0.0909. The molecule has 126 valence electrons. The molecule has 0 bridgehead atoms. The van der Waals surface area contributed by atoms with Gasteiger partial charge in [-0.1, -0.05) is 0 Å². The van der Waals surface area contributed by atoms with Crippen LogP contribution >= 0.6 is 11.8 Å². The van der Waals surface area contributed by atoms with Crippen molar-refractivity contribution in [2.24, 2.45) is 0 Å². The Labute approximate surface area is 167 Å². The molecular weight excluding hydrogens is 454 g/mol. The zero-order chi connectivity index (χ0) is 17.3. The number of rotatable bonds is 7. The summed E-state index contributed by atoms with van der Waals surface area (Å²) in [5.74, 6) is 1.10. The maximum atomic E-state index is 2.26. The molecule has 3 heteroatoms. The first kappa shape index (κ1) is 18.6. The molecule has 3 aromatic rings. The van der Waals surface area contributed by atoms with Gasteiger partial charge in [-0.3, -0.25) is 0 Å². The molecule has 0 saturated carbocycles. The number of hydrogen-bond donors (Lipinski definition) is 0. The molecule has 0 atom stereocenters. The molecule has 0 spiro atoms. The van der Waals surface area contributed by atoms with E-state index in [1.807, 2.05) is 11.8 Å². The van der Waals surface area contributed by atoms with Gasteiger partial charge in [0.05, 0.1) is 0 Å². The number of hydrogen-bond acceptors (Lipinski definition) is 1. The SMILES string of the molecule is CCSC(=C([Se]c1ccccc1)[Se]c1ccccc1)c1ccccc1. The fourth-order valence-corrected chi connectivity index (χ4v) is 9.83. The Morgan fingerprint density at radius 2 is 1.12 bits per heavy atom. The minimum absolute atomic E-state index is 0.352. The van der Waals surface area contributed by atoms with Crippen LogP contribution in [-0.4, -0.2) is 35.7 Å². The van der Waals surface area contributed by atoms with E-state index in [2.05, 4.69) is 97.9 Å². The molecule has 0 heterocycles. The molecule has 0 aliphatic rings. The topological polar surface area (TPSA) is 0 Å². The standard InChI is InChI=1S/C22H20SSe2/c1-2-23-21(18-12-6-3-7-13-18)22(24-19-14-8-4-9-15-19)25-20-16-10-5-11-17-20/h3-17H,2H2,1H3. The second-order valence-corrected chi connectivity index (χ2v) is 12.4. The number of benzene rings is 3. The molecule has 0 N–H and O–H groups in total. The molecule has 0 saturated heterocycles. The first-order chi connectivity index (χ1) is 12.4. The second kappa shape index (κ2) is 10.1. The van der Waals surface area contributed by atoms with E-state index in [-0.39, 0.29) is 0 Å². The third-order valence-electron chi connectivity index (χ3n) is 3.42. The molecule has 0 aliphatic heterocycles. The molecular formula is C22H20SSe2. The van der Waals surface area contributed by atoms with Crippen molar-refractivity contribution in [1.29, 1.82) is 0 Å². The van der Waals surface area contributed by atoms with Crippen molar-refractivity contribution in [3.8, 4) is 0 Å². The molecule has 0 radical (unpaired) electrons. The summed E-state index contributed by atoms with van der Waals surface area (Å²) in [5, 5.41) is 0. The second-order valence-electron chi connectivity index (χ2n) is 5.25. The normalized spacial score (nSPS) is 10.4. The van der Waals surface area contributed by atoms with Crippen LogP contribution in [0.1, 0.15) is 12.5 Å². The zero-order valence-corrected chi connectivity index (χ0v) is 18.3. The molecule has 0 amide bonds. The molecule has 3 aromatic carbocycles. The Morgan fingerprint density at radius 3 is 1.56 bits per heavy atom. The third-order valence-corrected chi connectivity index (χ3v) is 10.6. The van der Waals surface area contributed by atoms with Gasteiger partial charge >= 0.3 is 168 Å². The summed E-state index contributed by atoms with van der Waals surface area (Å²) < 4.78 is 4.52. The molecule has 25 heavy (non-hydrogen) atoms. The molecule has 0 aromatic heterocycles. The van der Waals surface area contributed by atoms with Crippen LogP contribution in [-0.2, 0) is 0 Å². The van der Waals surface area contributed by atoms with Gasteiger partial charge in [-0.15, -0.1) is 0 Å².